The van der Waals surface area contributed by atoms with Gasteiger partial charge in [0.15, 0.2) is 5.60 Å². The summed E-state index contributed by atoms with van der Waals surface area (Å²) in [5, 5.41) is 12.0. The molecule has 0 aliphatic carbocycles. The minimum atomic E-state index is -1.12. The third-order valence-corrected chi connectivity index (χ3v) is 4.21. The number of hydrogen-bond acceptors (Lipinski definition) is 4. The van der Waals surface area contributed by atoms with Crippen LogP contribution in [-0.4, -0.2) is 46.2 Å². The Bertz CT molecular complexity index is 236. The predicted octanol–water partition coefficient (Wildman–Crippen LogP) is 0.371. The largest absolute Gasteiger partial charge is 0.379 e. The van der Waals surface area contributed by atoms with Crippen LogP contribution >= 0.6 is 11.8 Å². The van der Waals surface area contributed by atoms with Crippen LogP contribution in [0.3, 0.4) is 0 Å². The van der Waals surface area contributed by atoms with E-state index in [0.29, 0.717) is 12.2 Å². The Kier molecular flexibility index (Phi) is 3.53. The number of aliphatic hydroxyl groups is 1. The summed E-state index contributed by atoms with van der Waals surface area (Å²) in [4.78, 5) is 11.8. The van der Waals surface area contributed by atoms with Crippen molar-refractivity contribution in [1.29, 1.82) is 0 Å². The van der Waals surface area contributed by atoms with Crippen LogP contribution in [0.5, 0.6) is 0 Å². The molecule has 86 valence electrons. The molecule has 0 radical (unpaired) electrons. The quantitative estimate of drug-likeness (QED) is 0.720. The van der Waals surface area contributed by atoms with E-state index in [-0.39, 0.29) is 5.91 Å². The first-order chi connectivity index (χ1) is 7.21. The molecule has 2 saturated heterocycles. The van der Waals surface area contributed by atoms with Crippen LogP contribution in [0.1, 0.15) is 25.7 Å². The monoisotopic (exact) mass is 230 g/mol. The molecule has 0 bridgehead atoms. The van der Waals surface area contributed by atoms with Crippen LogP contribution in [0.15, 0.2) is 0 Å². The van der Waals surface area contributed by atoms with Gasteiger partial charge < -0.3 is 5.11 Å². The van der Waals surface area contributed by atoms with Gasteiger partial charge in [-0.1, -0.05) is 6.42 Å². The molecule has 2 N–H and O–H groups in total. The minimum Gasteiger partial charge on any atom is -0.379 e. The van der Waals surface area contributed by atoms with E-state index in [4.69, 9.17) is 0 Å². The van der Waals surface area contributed by atoms with Gasteiger partial charge in [0.1, 0.15) is 0 Å². The second-order valence-corrected chi connectivity index (χ2v) is 5.43. The zero-order valence-corrected chi connectivity index (χ0v) is 9.68. The van der Waals surface area contributed by atoms with E-state index >= 15 is 0 Å². The summed E-state index contributed by atoms with van der Waals surface area (Å²) < 4.78 is 0. The van der Waals surface area contributed by atoms with Crippen molar-refractivity contribution in [2.24, 2.45) is 0 Å². The first kappa shape index (κ1) is 11.2. The first-order valence-electron chi connectivity index (χ1n) is 5.57. The van der Waals surface area contributed by atoms with Crippen LogP contribution in [-0.2, 0) is 4.79 Å². The Labute approximate surface area is 94.4 Å². The van der Waals surface area contributed by atoms with E-state index in [1.54, 1.807) is 11.8 Å². The third kappa shape index (κ3) is 2.65. The fourth-order valence-electron chi connectivity index (χ4n) is 1.99. The Morgan fingerprint density at radius 1 is 1.33 bits per heavy atom. The standard InChI is InChI=1S/C10H18N2O2S/c13-9(10(14)4-7-15-8-10)11-12-5-2-1-3-6-12/h14H,1-8H2,(H,11,13). The second-order valence-electron chi connectivity index (χ2n) is 4.32. The van der Waals surface area contributed by atoms with Crippen LogP contribution in [0.2, 0.25) is 0 Å². The topological polar surface area (TPSA) is 52.6 Å². The number of piperidine rings is 1. The normalized spacial score (nSPS) is 32.9. The van der Waals surface area contributed by atoms with E-state index in [1.165, 1.54) is 6.42 Å². The second kappa shape index (κ2) is 4.72. The molecule has 1 amide bonds. The zero-order chi connectivity index (χ0) is 10.7. The van der Waals surface area contributed by atoms with Crippen molar-refractivity contribution in [2.45, 2.75) is 31.3 Å². The van der Waals surface area contributed by atoms with Crippen molar-refractivity contribution >= 4 is 17.7 Å². The lowest BCUT2D eigenvalue weighted by Gasteiger charge is -2.30. The Hall–Kier alpha value is -0.260. The summed E-state index contributed by atoms with van der Waals surface area (Å²) in [7, 11) is 0. The van der Waals surface area contributed by atoms with E-state index in [9.17, 15) is 9.90 Å². The molecule has 0 aromatic rings. The van der Waals surface area contributed by atoms with Gasteiger partial charge in [-0.25, -0.2) is 5.01 Å². The maximum atomic E-state index is 11.8. The van der Waals surface area contributed by atoms with Crippen molar-refractivity contribution in [3.8, 4) is 0 Å². The van der Waals surface area contributed by atoms with Gasteiger partial charge in [0.05, 0.1) is 0 Å². The van der Waals surface area contributed by atoms with Crippen molar-refractivity contribution in [1.82, 2.24) is 10.4 Å². The van der Waals surface area contributed by atoms with Crippen molar-refractivity contribution in [3.63, 3.8) is 0 Å². The van der Waals surface area contributed by atoms with Gasteiger partial charge in [-0.3, -0.25) is 10.2 Å². The molecule has 0 saturated carbocycles. The molecule has 15 heavy (non-hydrogen) atoms. The highest BCUT2D eigenvalue weighted by molar-refractivity contribution is 7.99. The maximum absolute atomic E-state index is 11.8. The lowest BCUT2D eigenvalue weighted by atomic mass is 10.0. The maximum Gasteiger partial charge on any atom is 0.267 e. The molecular weight excluding hydrogens is 212 g/mol. The van der Waals surface area contributed by atoms with Crippen LogP contribution in [0.25, 0.3) is 0 Å². The zero-order valence-electron chi connectivity index (χ0n) is 8.87. The lowest BCUT2D eigenvalue weighted by molar-refractivity contribution is -0.143. The molecule has 2 aliphatic heterocycles. The van der Waals surface area contributed by atoms with E-state index in [2.05, 4.69) is 5.43 Å². The van der Waals surface area contributed by atoms with Crippen LogP contribution in [0, 0.1) is 0 Å². The average Bonchev–Trinajstić information content (AvgIpc) is 2.68. The number of carbonyl (C=O) groups is 1. The molecule has 2 heterocycles. The number of thioether (sulfide) groups is 1. The van der Waals surface area contributed by atoms with Gasteiger partial charge in [0.2, 0.25) is 0 Å². The number of nitrogens with zero attached hydrogens (tertiary/aromatic N) is 1. The fourth-order valence-corrected chi connectivity index (χ4v) is 3.23. The highest BCUT2D eigenvalue weighted by Crippen LogP contribution is 2.28. The minimum absolute atomic E-state index is 0.214. The molecule has 0 aromatic heterocycles. The average molecular weight is 230 g/mol. The molecule has 2 aliphatic rings. The number of nitrogens with one attached hydrogen (secondary N) is 1. The summed E-state index contributed by atoms with van der Waals surface area (Å²) in [6, 6.07) is 0. The molecule has 4 nitrogen and oxygen atoms in total. The molecule has 2 rings (SSSR count). The van der Waals surface area contributed by atoms with Crippen molar-refractivity contribution in [2.75, 3.05) is 24.6 Å². The van der Waals surface area contributed by atoms with Crippen LogP contribution in [0.4, 0.5) is 0 Å². The summed E-state index contributed by atoms with van der Waals surface area (Å²) >= 11 is 1.64. The summed E-state index contributed by atoms with van der Waals surface area (Å²) in [5.74, 6) is 1.20. The van der Waals surface area contributed by atoms with Gasteiger partial charge >= 0.3 is 0 Å². The Balaban J connectivity index is 1.85. The number of amides is 1. The van der Waals surface area contributed by atoms with Gasteiger partial charge in [-0.15, -0.1) is 0 Å². The van der Waals surface area contributed by atoms with Crippen LogP contribution < -0.4 is 5.43 Å². The van der Waals surface area contributed by atoms with E-state index < -0.39 is 5.60 Å². The van der Waals surface area contributed by atoms with Crippen molar-refractivity contribution < 1.29 is 9.90 Å². The molecule has 0 aromatic carbocycles. The first-order valence-corrected chi connectivity index (χ1v) is 6.72. The van der Waals surface area contributed by atoms with E-state index in [0.717, 1.165) is 31.7 Å². The molecule has 1 atom stereocenters. The Morgan fingerprint density at radius 2 is 2.07 bits per heavy atom. The number of hydrogen-bond donors (Lipinski definition) is 2. The molecule has 2 fully saturated rings. The van der Waals surface area contributed by atoms with Gasteiger partial charge in [-0.2, -0.15) is 11.8 Å². The lowest BCUT2D eigenvalue weighted by Crippen LogP contribution is -2.54. The van der Waals surface area contributed by atoms with E-state index in [1.807, 2.05) is 5.01 Å². The Morgan fingerprint density at radius 3 is 2.67 bits per heavy atom. The molecule has 5 heteroatoms. The van der Waals surface area contributed by atoms with Gasteiger partial charge in [-0.05, 0) is 25.0 Å². The predicted molar refractivity (Wildman–Crippen MR) is 60.5 cm³/mol. The SMILES string of the molecule is O=C(NN1CCCCC1)C1(O)CCSC1. The number of carbonyl (C=O) groups excluding carboxylic acids is 1. The van der Waals surface area contributed by atoms with Gasteiger partial charge in [0, 0.05) is 18.8 Å². The summed E-state index contributed by atoms with van der Waals surface area (Å²) in [6.07, 6.45) is 4.09. The smallest absolute Gasteiger partial charge is 0.267 e. The molecule has 0 spiro atoms. The highest BCUT2D eigenvalue weighted by atomic mass is 32.2. The van der Waals surface area contributed by atoms with Crippen molar-refractivity contribution in [3.05, 3.63) is 0 Å². The van der Waals surface area contributed by atoms with Gasteiger partial charge in [0.25, 0.3) is 5.91 Å². The number of rotatable bonds is 2. The highest BCUT2D eigenvalue weighted by Gasteiger charge is 2.40. The third-order valence-electron chi connectivity index (χ3n) is 3.04. The summed E-state index contributed by atoms with van der Waals surface area (Å²) in [6.45, 7) is 1.82. The molecular formula is C10H18N2O2S. The fraction of sp³-hybridized carbons (Fsp3) is 0.900. The molecule has 1 unspecified atom stereocenters. The summed E-state index contributed by atoms with van der Waals surface area (Å²) in [5.41, 5.74) is 1.71. The number of hydrazine groups is 1.